The van der Waals surface area contributed by atoms with E-state index in [0.717, 1.165) is 0 Å². The lowest BCUT2D eigenvalue weighted by atomic mass is 9.88. The molecule has 24 heteroatoms. The predicted molar refractivity (Wildman–Crippen MR) is 227 cm³/mol. The fourth-order valence-electron chi connectivity index (χ4n) is 9.05. The molecule has 4 nitrogen and oxygen atoms in total. The summed E-state index contributed by atoms with van der Waals surface area (Å²) in [5.74, 6) is -54.0. The van der Waals surface area contributed by atoms with E-state index >= 15 is 70.2 Å². The van der Waals surface area contributed by atoms with Crippen LogP contribution in [0.1, 0.15) is 34.3 Å². The molecule has 0 radical (unpaired) electrons. The van der Waals surface area contributed by atoms with Gasteiger partial charge in [-0.15, -0.1) is 0 Å². The number of halogens is 20. The van der Waals surface area contributed by atoms with Crippen molar-refractivity contribution in [2.45, 2.75) is 18.8 Å². The number of nitrogens with zero attached hydrogens (tertiary/aromatic N) is 2. The zero-order valence-corrected chi connectivity index (χ0v) is 36.3. The zero-order chi connectivity index (χ0) is 54.0. The highest BCUT2D eigenvalue weighted by Crippen LogP contribution is 2.47. The smallest absolute Gasteiger partial charge is 0.200 e. The molecule has 0 spiro atoms. The average molecular weight is 1070 g/mol. The van der Waals surface area contributed by atoms with Crippen molar-refractivity contribution in [3.63, 3.8) is 0 Å². The van der Waals surface area contributed by atoms with E-state index in [-0.39, 0.29) is 5.56 Å². The third-order valence-electron chi connectivity index (χ3n) is 12.4. The van der Waals surface area contributed by atoms with Gasteiger partial charge in [0.2, 0.25) is 23.3 Å². The first-order valence-electron chi connectivity index (χ1n) is 21.1. The number of hydrogen-bond acceptors (Lipinski definition) is 2. The van der Waals surface area contributed by atoms with Crippen LogP contribution in [0.15, 0.2) is 54.6 Å². The Hall–Kier alpha value is -8.44. The van der Waals surface area contributed by atoms with Crippen molar-refractivity contribution >= 4 is 34.2 Å². The molecule has 0 saturated carbocycles. The second-order valence-electron chi connectivity index (χ2n) is 16.6. The zero-order valence-electron chi connectivity index (χ0n) is 36.3. The molecule has 0 saturated heterocycles. The summed E-state index contributed by atoms with van der Waals surface area (Å²) in [6, 6.07) is 9.95. The number of nitrogens with one attached hydrogen (secondary N) is 2. The Bertz CT molecular complexity index is 3920. The van der Waals surface area contributed by atoms with E-state index in [1.807, 2.05) is 0 Å². The summed E-state index contributed by atoms with van der Waals surface area (Å²) in [4.78, 5) is 13.0. The highest BCUT2D eigenvalue weighted by Gasteiger charge is 2.38. The van der Waals surface area contributed by atoms with Gasteiger partial charge in [-0.25, -0.2) is 92.8 Å². The molecule has 5 heterocycles. The van der Waals surface area contributed by atoms with E-state index in [2.05, 4.69) is 19.9 Å². The van der Waals surface area contributed by atoms with Gasteiger partial charge in [-0.1, -0.05) is 30.3 Å². The molecule has 0 aliphatic carbocycles. The first kappa shape index (κ1) is 50.1. The number of H-pyrrole nitrogens is 2. The molecular weight excluding hydrogens is 1050 g/mol. The number of benzene rings is 5. The molecule has 0 amide bonds. The molecule has 2 aliphatic rings. The Morgan fingerprint density at radius 3 is 0.973 bits per heavy atom. The summed E-state index contributed by atoms with van der Waals surface area (Å²) in [5.41, 5.74) is -19.5. The van der Waals surface area contributed by atoms with E-state index in [0.29, 0.717) is 36.4 Å². The molecule has 75 heavy (non-hydrogen) atoms. The normalized spacial score (nSPS) is 13.4. The lowest BCUT2D eigenvalue weighted by molar-refractivity contribution is 0.381. The maximum absolute atomic E-state index is 16.4. The van der Waals surface area contributed by atoms with Gasteiger partial charge in [0.25, 0.3) is 0 Å². The van der Waals surface area contributed by atoms with Crippen LogP contribution in [0, 0.1) is 116 Å². The summed E-state index contributed by atoms with van der Waals surface area (Å²) in [7, 11) is 0. The quantitative estimate of drug-likeness (QED) is 0.0990. The maximum atomic E-state index is 16.4. The second kappa shape index (κ2) is 18.2. The number of aromatic nitrogens is 4. The van der Waals surface area contributed by atoms with Gasteiger partial charge in [0.05, 0.1) is 45.0 Å². The summed E-state index contributed by atoms with van der Waals surface area (Å²) < 4.78 is 310. The van der Waals surface area contributed by atoms with E-state index in [1.165, 1.54) is 30.3 Å². The minimum absolute atomic E-state index is 0.257. The Kier molecular flexibility index (Phi) is 12.2. The van der Waals surface area contributed by atoms with Crippen molar-refractivity contribution in [2.75, 3.05) is 0 Å². The van der Waals surface area contributed by atoms with Crippen LogP contribution in [-0.2, 0) is 12.8 Å². The first-order chi connectivity index (χ1) is 35.5. The van der Waals surface area contributed by atoms with Crippen LogP contribution in [0.25, 0.3) is 78.7 Å². The monoisotopic (exact) mass is 1070 g/mol. The summed E-state index contributed by atoms with van der Waals surface area (Å²) in [5, 5.41) is 0. The van der Waals surface area contributed by atoms with Crippen molar-refractivity contribution in [2.24, 2.45) is 0 Å². The van der Waals surface area contributed by atoms with Crippen LogP contribution in [-0.4, -0.2) is 19.9 Å². The van der Waals surface area contributed by atoms with E-state index in [9.17, 15) is 17.6 Å². The van der Waals surface area contributed by atoms with E-state index in [4.69, 9.17) is 0 Å². The largest absolute Gasteiger partial charge is 0.354 e. The Balaban J connectivity index is 1.52. The van der Waals surface area contributed by atoms with Crippen LogP contribution in [0.2, 0.25) is 0 Å². The molecule has 2 aliphatic heterocycles. The standard InChI is InChI=1S/C51H18F20N4/c52-31-27(32(53)40(61)47(68)39(31)60)23-16-6-7-17(72-16)24(28-33(54)41(62)48(69)42(63)34(28)55)19-10-11-21(74-19)26(30-37(58)45(66)50(71)46(67)38(30)59)51-15(12-14-4-2-1-3-5-14)13-22(75-51)25(20-9-8-18(23)73-20)29-35(56)43(64)49(70)44(65)36(29)57/h1-11,15,73-74H,12-13H2/t15-/m0/s1. The average Bonchev–Trinajstić information content (AvgIpc) is 4.26. The van der Waals surface area contributed by atoms with Crippen molar-refractivity contribution in [1.82, 2.24) is 19.9 Å². The molecule has 10 rings (SSSR count). The Labute approximate surface area is 403 Å². The van der Waals surface area contributed by atoms with Gasteiger partial charge in [0.1, 0.15) is 0 Å². The third-order valence-corrected chi connectivity index (χ3v) is 12.4. The van der Waals surface area contributed by atoms with E-state index in [1.54, 1.807) is 0 Å². The van der Waals surface area contributed by atoms with Gasteiger partial charge < -0.3 is 9.97 Å². The van der Waals surface area contributed by atoms with Crippen molar-refractivity contribution in [3.05, 3.63) is 199 Å². The van der Waals surface area contributed by atoms with Gasteiger partial charge in [0.15, 0.2) is 93.1 Å². The SMILES string of the molecule is Fc1c(F)c(F)c(-c2c3nc(c(-c4c(F)c(F)c(F)c(F)c4F)c4ccc([nH]4)c(-c4c(F)c(F)c(F)c(F)c4F)c4nc(c(-c5c(F)c(F)c(F)c(F)c5F)c5ccc2[nH]5)C[C@@H]4Cc2ccccc2)C=C3)c(F)c1F. The molecule has 0 fully saturated rings. The molecule has 8 bridgehead atoms. The summed E-state index contributed by atoms with van der Waals surface area (Å²) in [6.07, 6.45) is -0.0795. The van der Waals surface area contributed by atoms with Crippen LogP contribution in [0.5, 0.6) is 0 Å². The van der Waals surface area contributed by atoms with Crippen molar-refractivity contribution in [3.8, 4) is 44.5 Å². The van der Waals surface area contributed by atoms with Crippen molar-refractivity contribution in [1.29, 1.82) is 0 Å². The van der Waals surface area contributed by atoms with Gasteiger partial charge in [-0.05, 0) is 54.8 Å². The van der Waals surface area contributed by atoms with E-state index < -0.39 is 224 Å². The highest BCUT2D eigenvalue weighted by atomic mass is 19.2. The number of fused-ring (bicyclic) bond motifs is 8. The number of rotatable bonds is 6. The summed E-state index contributed by atoms with van der Waals surface area (Å²) >= 11 is 0. The highest BCUT2D eigenvalue weighted by molar-refractivity contribution is 5.98. The Morgan fingerprint density at radius 1 is 0.320 bits per heavy atom. The lowest BCUT2D eigenvalue weighted by Gasteiger charge is -2.16. The van der Waals surface area contributed by atoms with Crippen LogP contribution < -0.4 is 0 Å². The Morgan fingerprint density at radius 2 is 0.613 bits per heavy atom. The molecule has 2 N–H and O–H groups in total. The molecule has 3 aromatic heterocycles. The first-order valence-corrected chi connectivity index (χ1v) is 21.1. The minimum atomic E-state index is -2.71. The van der Waals surface area contributed by atoms with Gasteiger partial charge in [-0.2, -0.15) is 0 Å². The lowest BCUT2D eigenvalue weighted by Crippen LogP contribution is -2.08. The van der Waals surface area contributed by atoms with Crippen molar-refractivity contribution < 1.29 is 87.8 Å². The van der Waals surface area contributed by atoms with Gasteiger partial charge in [0, 0.05) is 50.2 Å². The van der Waals surface area contributed by atoms with Gasteiger partial charge >= 0.3 is 0 Å². The van der Waals surface area contributed by atoms with Crippen LogP contribution in [0.3, 0.4) is 0 Å². The molecule has 382 valence electrons. The molecule has 8 aromatic rings. The predicted octanol–water partition coefficient (Wildman–Crippen LogP) is 15.5. The maximum Gasteiger partial charge on any atom is 0.200 e. The second-order valence-corrected chi connectivity index (χ2v) is 16.6. The molecule has 1 atom stereocenters. The number of aromatic amines is 2. The fourth-order valence-corrected chi connectivity index (χ4v) is 9.05. The van der Waals surface area contributed by atoms with Crippen LogP contribution >= 0.6 is 0 Å². The molecule has 5 aromatic carbocycles. The minimum Gasteiger partial charge on any atom is -0.354 e. The van der Waals surface area contributed by atoms with Gasteiger partial charge in [-0.3, -0.25) is 4.98 Å². The van der Waals surface area contributed by atoms with Crippen LogP contribution in [0.4, 0.5) is 87.8 Å². The molecular formula is C51H18F20N4. The third kappa shape index (κ3) is 7.61. The summed E-state index contributed by atoms with van der Waals surface area (Å²) in [6.45, 7) is 0. The topological polar surface area (TPSA) is 57.4 Å². The fraction of sp³-hybridized carbons (Fsp3) is 0.0588. The number of hydrogen-bond donors (Lipinski definition) is 2. The molecule has 0 unspecified atom stereocenters.